The minimum Gasteiger partial charge on any atom is -0.385 e. The number of thiocarbonyl (C=S) groups is 1. The first-order chi connectivity index (χ1) is 14.4. The molecule has 1 fully saturated rings. The van der Waals surface area contributed by atoms with Crippen molar-refractivity contribution in [3.8, 4) is 0 Å². The van der Waals surface area contributed by atoms with Crippen molar-refractivity contribution in [2.24, 2.45) is 5.92 Å². The van der Waals surface area contributed by atoms with E-state index in [2.05, 4.69) is 19.2 Å². The van der Waals surface area contributed by atoms with Crippen LogP contribution in [0.5, 0.6) is 0 Å². The Morgan fingerprint density at radius 1 is 1.33 bits per heavy atom. The van der Waals surface area contributed by atoms with Crippen molar-refractivity contribution in [3.05, 3.63) is 40.9 Å². The summed E-state index contributed by atoms with van der Waals surface area (Å²) in [6.07, 6.45) is 4.58. The third-order valence-corrected chi connectivity index (χ3v) is 6.07. The zero-order chi connectivity index (χ0) is 21.7. The predicted molar refractivity (Wildman–Crippen MR) is 126 cm³/mol. The summed E-state index contributed by atoms with van der Waals surface area (Å²) in [6.45, 7) is 6.16. The molecule has 0 unspecified atom stereocenters. The highest BCUT2D eigenvalue weighted by Gasteiger charge is 2.32. The number of nitrogens with one attached hydrogen (secondary N) is 1. The van der Waals surface area contributed by atoms with Crippen LogP contribution in [0.3, 0.4) is 0 Å². The number of methoxy groups -OCH3 is 1. The first kappa shape index (κ1) is 22.5. The second-order valence-electron chi connectivity index (χ2n) is 7.61. The number of ether oxygens (including phenoxy) is 1. The Kier molecular flexibility index (Phi) is 7.69. The second kappa shape index (κ2) is 10.2. The first-order valence-electron chi connectivity index (χ1n) is 9.99. The van der Waals surface area contributed by atoms with Crippen molar-refractivity contribution in [3.63, 3.8) is 0 Å². The number of amides is 2. The van der Waals surface area contributed by atoms with Crippen LogP contribution in [0.1, 0.15) is 25.8 Å². The van der Waals surface area contributed by atoms with Gasteiger partial charge in [-0.15, -0.1) is 0 Å². The molecule has 0 aliphatic carbocycles. The molecule has 160 valence electrons. The number of rotatable bonds is 9. The summed E-state index contributed by atoms with van der Waals surface area (Å²) >= 11 is 6.74. The molecule has 2 aromatic rings. The van der Waals surface area contributed by atoms with Gasteiger partial charge in [-0.2, -0.15) is 0 Å². The molecule has 2 amide bonds. The number of nitrogens with zero attached hydrogens (tertiary/aromatic N) is 2. The fourth-order valence-corrected chi connectivity index (χ4v) is 4.61. The minimum absolute atomic E-state index is 0.0496. The molecule has 1 N–H and O–H groups in total. The summed E-state index contributed by atoms with van der Waals surface area (Å²) in [6, 6.07) is 7.89. The quantitative estimate of drug-likeness (QED) is 0.363. The van der Waals surface area contributed by atoms with Crippen LogP contribution in [-0.2, 0) is 20.9 Å². The number of benzene rings is 1. The van der Waals surface area contributed by atoms with Gasteiger partial charge in [-0.1, -0.05) is 56.0 Å². The van der Waals surface area contributed by atoms with Gasteiger partial charge in [-0.3, -0.25) is 14.5 Å². The smallest absolute Gasteiger partial charge is 0.266 e. The fraction of sp³-hybridized carbons (Fsp3) is 0.409. The van der Waals surface area contributed by atoms with E-state index in [0.29, 0.717) is 34.8 Å². The van der Waals surface area contributed by atoms with Gasteiger partial charge < -0.3 is 14.6 Å². The molecule has 2 heterocycles. The van der Waals surface area contributed by atoms with E-state index in [9.17, 15) is 9.59 Å². The van der Waals surface area contributed by atoms with Crippen molar-refractivity contribution in [2.45, 2.75) is 26.8 Å². The predicted octanol–water partition coefficient (Wildman–Crippen LogP) is 3.65. The zero-order valence-corrected chi connectivity index (χ0v) is 19.1. The van der Waals surface area contributed by atoms with Crippen molar-refractivity contribution < 1.29 is 14.3 Å². The molecule has 1 aromatic carbocycles. The lowest BCUT2D eigenvalue weighted by molar-refractivity contribution is -0.123. The van der Waals surface area contributed by atoms with E-state index in [0.717, 1.165) is 22.9 Å². The lowest BCUT2D eigenvalue weighted by Gasteiger charge is -2.16. The minimum atomic E-state index is -0.0540. The summed E-state index contributed by atoms with van der Waals surface area (Å²) in [7, 11) is 1.64. The van der Waals surface area contributed by atoms with Crippen LogP contribution in [0.4, 0.5) is 0 Å². The van der Waals surface area contributed by atoms with Crippen molar-refractivity contribution in [1.82, 2.24) is 14.8 Å². The third-order valence-electron chi connectivity index (χ3n) is 4.69. The molecule has 0 bridgehead atoms. The number of hydrogen-bond donors (Lipinski definition) is 1. The van der Waals surface area contributed by atoms with E-state index in [1.165, 1.54) is 11.8 Å². The number of para-hydroxylation sites is 1. The van der Waals surface area contributed by atoms with Gasteiger partial charge in [0.1, 0.15) is 10.9 Å². The standard InChI is InChI=1S/C22H27N3O3S2/c1-15(2)12-25-21(27)19(30-22(25)29)11-16-13-24(18-8-5-4-7-17(16)18)14-20(26)23-9-6-10-28-3/h4-5,7-8,11,13,15H,6,9-10,12,14H2,1-3H3,(H,23,26)/b19-11-. The second-order valence-corrected chi connectivity index (χ2v) is 9.29. The Hall–Kier alpha value is -2.16. The normalized spacial score (nSPS) is 15.7. The maximum Gasteiger partial charge on any atom is 0.266 e. The van der Waals surface area contributed by atoms with Gasteiger partial charge in [0.15, 0.2) is 0 Å². The van der Waals surface area contributed by atoms with E-state index in [-0.39, 0.29) is 18.4 Å². The van der Waals surface area contributed by atoms with E-state index in [4.69, 9.17) is 17.0 Å². The van der Waals surface area contributed by atoms with E-state index in [1.54, 1.807) is 12.0 Å². The molecule has 0 radical (unpaired) electrons. The molecule has 30 heavy (non-hydrogen) atoms. The number of aromatic nitrogens is 1. The van der Waals surface area contributed by atoms with Crippen LogP contribution in [0.25, 0.3) is 17.0 Å². The lowest BCUT2D eigenvalue weighted by Crippen LogP contribution is -2.31. The molecule has 1 saturated heterocycles. The molecular weight excluding hydrogens is 418 g/mol. The Balaban J connectivity index is 1.82. The number of hydrogen-bond acceptors (Lipinski definition) is 5. The van der Waals surface area contributed by atoms with E-state index in [1.807, 2.05) is 41.1 Å². The molecule has 8 heteroatoms. The van der Waals surface area contributed by atoms with Crippen molar-refractivity contribution in [2.75, 3.05) is 26.8 Å². The molecule has 1 aliphatic heterocycles. The average molecular weight is 446 g/mol. The highest BCUT2D eigenvalue weighted by Crippen LogP contribution is 2.34. The van der Waals surface area contributed by atoms with Gasteiger partial charge in [0.05, 0.1) is 4.91 Å². The Labute approximate surface area is 186 Å². The van der Waals surface area contributed by atoms with Gasteiger partial charge in [-0.05, 0) is 24.5 Å². The highest BCUT2D eigenvalue weighted by atomic mass is 32.2. The third kappa shape index (κ3) is 5.30. The largest absolute Gasteiger partial charge is 0.385 e. The molecular formula is C22H27N3O3S2. The maximum atomic E-state index is 12.8. The number of carbonyl (C=O) groups is 2. The highest BCUT2D eigenvalue weighted by molar-refractivity contribution is 8.26. The molecule has 6 nitrogen and oxygen atoms in total. The van der Waals surface area contributed by atoms with Gasteiger partial charge >= 0.3 is 0 Å². The fourth-order valence-electron chi connectivity index (χ4n) is 3.34. The Bertz CT molecular complexity index is 981. The lowest BCUT2D eigenvalue weighted by atomic mass is 10.1. The van der Waals surface area contributed by atoms with E-state index >= 15 is 0 Å². The molecule has 1 aromatic heterocycles. The molecule has 0 spiro atoms. The van der Waals surface area contributed by atoms with Gasteiger partial charge in [-0.25, -0.2) is 0 Å². The van der Waals surface area contributed by atoms with Crippen LogP contribution in [-0.4, -0.2) is 52.4 Å². The Morgan fingerprint density at radius 2 is 2.10 bits per heavy atom. The summed E-state index contributed by atoms with van der Waals surface area (Å²) < 4.78 is 7.52. The van der Waals surface area contributed by atoms with Crippen LogP contribution in [0.15, 0.2) is 35.4 Å². The maximum absolute atomic E-state index is 12.8. The summed E-state index contributed by atoms with van der Waals surface area (Å²) in [5, 5.41) is 3.91. The van der Waals surface area contributed by atoms with E-state index < -0.39 is 0 Å². The SMILES string of the molecule is COCCCNC(=O)Cn1cc(/C=C2\SC(=S)N(CC(C)C)C2=O)c2ccccc21. The van der Waals surface area contributed by atoms with Crippen molar-refractivity contribution >= 4 is 57.1 Å². The van der Waals surface area contributed by atoms with Crippen LogP contribution >= 0.6 is 24.0 Å². The zero-order valence-electron chi connectivity index (χ0n) is 17.5. The monoisotopic (exact) mass is 445 g/mol. The van der Waals surface area contributed by atoms with Gasteiger partial charge in [0, 0.05) is 49.5 Å². The van der Waals surface area contributed by atoms with Gasteiger partial charge in [0.25, 0.3) is 5.91 Å². The molecule has 1 aliphatic rings. The molecule has 0 atom stereocenters. The van der Waals surface area contributed by atoms with Crippen molar-refractivity contribution in [1.29, 1.82) is 0 Å². The number of fused-ring (bicyclic) bond motifs is 1. The topological polar surface area (TPSA) is 63.6 Å². The number of thioether (sulfide) groups is 1. The van der Waals surface area contributed by atoms with Crippen LogP contribution in [0.2, 0.25) is 0 Å². The summed E-state index contributed by atoms with van der Waals surface area (Å²) in [5.74, 6) is 0.240. The average Bonchev–Trinajstić information content (AvgIpc) is 3.17. The van der Waals surface area contributed by atoms with Crippen LogP contribution in [0, 0.1) is 5.92 Å². The summed E-state index contributed by atoms with van der Waals surface area (Å²) in [5.41, 5.74) is 1.86. The van der Waals surface area contributed by atoms with Gasteiger partial charge in [0.2, 0.25) is 5.91 Å². The first-order valence-corrected chi connectivity index (χ1v) is 11.2. The number of carbonyl (C=O) groups excluding carboxylic acids is 2. The van der Waals surface area contributed by atoms with Crippen LogP contribution < -0.4 is 5.32 Å². The Morgan fingerprint density at radius 3 is 2.83 bits per heavy atom. The summed E-state index contributed by atoms with van der Waals surface area (Å²) in [4.78, 5) is 27.4. The molecule has 0 saturated carbocycles. The molecule has 3 rings (SSSR count).